The highest BCUT2D eigenvalue weighted by atomic mass is 19.4. The number of aryl methyl sites for hydroxylation is 1. The third-order valence-corrected chi connectivity index (χ3v) is 2.03. The van der Waals surface area contributed by atoms with Crippen molar-refractivity contribution >= 4 is 5.69 Å². The third-order valence-electron chi connectivity index (χ3n) is 2.03. The van der Waals surface area contributed by atoms with Crippen LogP contribution in [0.25, 0.3) is 0 Å². The van der Waals surface area contributed by atoms with Gasteiger partial charge in [-0.15, -0.1) is 0 Å². The van der Waals surface area contributed by atoms with E-state index < -0.39 is 6.30 Å². The first-order valence-electron chi connectivity index (χ1n) is 4.36. The number of anilines is 1. The Morgan fingerprint density at radius 3 is 2.21 bits per heavy atom. The molecule has 0 N–H and O–H groups in total. The van der Waals surface area contributed by atoms with Crippen LogP contribution < -0.4 is 4.90 Å². The number of hydrogen-bond acceptors (Lipinski definition) is 1. The first-order chi connectivity index (χ1) is 6.46. The molecular formula is C10H12F3N. The molecule has 0 saturated heterocycles. The van der Waals surface area contributed by atoms with E-state index in [0.29, 0.717) is 10.5 Å². The van der Waals surface area contributed by atoms with Gasteiger partial charge in [-0.2, -0.15) is 13.2 Å². The van der Waals surface area contributed by atoms with E-state index in [2.05, 4.69) is 0 Å². The molecule has 1 aromatic rings. The molecule has 0 atom stereocenters. The van der Waals surface area contributed by atoms with Crippen LogP contribution >= 0.6 is 0 Å². The first kappa shape index (κ1) is 10.9. The van der Waals surface area contributed by atoms with Crippen LogP contribution in [0.5, 0.6) is 0 Å². The quantitative estimate of drug-likeness (QED) is 0.666. The number of halogens is 3. The Bertz CT molecular complexity index is 306. The average molecular weight is 203 g/mol. The summed E-state index contributed by atoms with van der Waals surface area (Å²) >= 11 is 0. The number of rotatable bonds is 2. The summed E-state index contributed by atoms with van der Waals surface area (Å²) in [5.41, 5.74) is 0.856. The summed E-state index contributed by atoms with van der Waals surface area (Å²) in [6, 6.07) is 6.48. The van der Waals surface area contributed by atoms with E-state index in [1.165, 1.54) is 13.0 Å². The molecule has 1 aromatic carbocycles. The van der Waals surface area contributed by atoms with Crippen LogP contribution in [-0.2, 0) is 0 Å². The lowest BCUT2D eigenvalue weighted by Crippen LogP contribution is -2.38. The highest BCUT2D eigenvalue weighted by molar-refractivity contribution is 5.53. The largest absolute Gasteiger partial charge is 0.484 e. The lowest BCUT2D eigenvalue weighted by Gasteiger charge is -2.26. The van der Waals surface area contributed by atoms with Gasteiger partial charge in [-0.3, -0.25) is 4.90 Å². The zero-order chi connectivity index (χ0) is 10.8. The third kappa shape index (κ3) is 2.19. The molecule has 1 rings (SSSR count). The topological polar surface area (TPSA) is 3.24 Å². The fourth-order valence-electron chi connectivity index (χ4n) is 1.35. The van der Waals surface area contributed by atoms with E-state index in [1.807, 2.05) is 0 Å². The van der Waals surface area contributed by atoms with Crippen molar-refractivity contribution in [2.45, 2.75) is 20.1 Å². The highest BCUT2D eigenvalue weighted by Crippen LogP contribution is 2.30. The molecule has 0 aliphatic rings. The molecule has 0 aromatic heterocycles. The second-order valence-corrected chi connectivity index (χ2v) is 3.00. The van der Waals surface area contributed by atoms with Crippen molar-refractivity contribution in [3.8, 4) is 0 Å². The zero-order valence-corrected chi connectivity index (χ0v) is 8.10. The van der Waals surface area contributed by atoms with E-state index in [4.69, 9.17) is 0 Å². The fourth-order valence-corrected chi connectivity index (χ4v) is 1.35. The Kier molecular flexibility index (Phi) is 3.03. The lowest BCUT2D eigenvalue weighted by molar-refractivity contribution is -0.128. The Balaban J connectivity index is 3.08. The maximum Gasteiger partial charge on any atom is 0.484 e. The van der Waals surface area contributed by atoms with E-state index >= 15 is 0 Å². The van der Waals surface area contributed by atoms with Crippen LogP contribution in [-0.4, -0.2) is 12.8 Å². The van der Waals surface area contributed by atoms with Crippen LogP contribution in [0.15, 0.2) is 24.3 Å². The van der Waals surface area contributed by atoms with Gasteiger partial charge in [0.25, 0.3) is 0 Å². The van der Waals surface area contributed by atoms with E-state index in [1.54, 1.807) is 25.1 Å². The second-order valence-electron chi connectivity index (χ2n) is 3.00. The average Bonchev–Trinajstić information content (AvgIpc) is 2.07. The molecule has 0 bridgehead atoms. The summed E-state index contributed by atoms with van der Waals surface area (Å²) in [6.45, 7) is 3.08. The summed E-state index contributed by atoms with van der Waals surface area (Å²) in [5, 5.41) is 0. The molecule has 0 spiro atoms. The standard InChI is InChI=1S/C10H12F3N/c1-3-14(10(11,12)13)9-7-5-4-6-8(9)2/h4-7H,3H2,1-2H3. The fraction of sp³-hybridized carbons (Fsp3) is 0.400. The summed E-state index contributed by atoms with van der Waals surface area (Å²) in [7, 11) is 0. The van der Waals surface area contributed by atoms with Gasteiger partial charge >= 0.3 is 6.30 Å². The normalized spacial score (nSPS) is 11.5. The van der Waals surface area contributed by atoms with Crippen molar-refractivity contribution in [3.05, 3.63) is 29.8 Å². The number of benzene rings is 1. The molecule has 0 saturated carbocycles. The van der Waals surface area contributed by atoms with Gasteiger partial charge in [-0.1, -0.05) is 18.2 Å². The smallest absolute Gasteiger partial charge is 0.284 e. The maximum atomic E-state index is 12.5. The minimum atomic E-state index is -4.30. The van der Waals surface area contributed by atoms with Crippen molar-refractivity contribution in [1.29, 1.82) is 0 Å². The molecule has 1 nitrogen and oxygen atoms in total. The Labute approximate surface area is 81.1 Å². The van der Waals surface area contributed by atoms with Crippen LogP contribution in [0.1, 0.15) is 12.5 Å². The second kappa shape index (κ2) is 3.90. The van der Waals surface area contributed by atoms with Gasteiger partial charge < -0.3 is 0 Å². The zero-order valence-electron chi connectivity index (χ0n) is 8.10. The Morgan fingerprint density at radius 1 is 1.21 bits per heavy atom. The maximum absolute atomic E-state index is 12.5. The molecule has 0 aliphatic carbocycles. The van der Waals surface area contributed by atoms with Crippen molar-refractivity contribution in [3.63, 3.8) is 0 Å². The monoisotopic (exact) mass is 203 g/mol. The van der Waals surface area contributed by atoms with E-state index in [9.17, 15) is 13.2 Å². The van der Waals surface area contributed by atoms with Crippen LogP contribution in [0.2, 0.25) is 0 Å². The first-order valence-corrected chi connectivity index (χ1v) is 4.36. The Hall–Kier alpha value is -1.19. The van der Waals surface area contributed by atoms with Crippen LogP contribution in [0.3, 0.4) is 0 Å². The minimum Gasteiger partial charge on any atom is -0.284 e. The summed E-state index contributed by atoms with van der Waals surface area (Å²) in [4.78, 5) is 0.433. The van der Waals surface area contributed by atoms with Crippen LogP contribution in [0.4, 0.5) is 18.9 Å². The van der Waals surface area contributed by atoms with Gasteiger partial charge in [0.2, 0.25) is 0 Å². The summed E-state index contributed by atoms with van der Waals surface area (Å²) in [6.07, 6.45) is -4.30. The Morgan fingerprint density at radius 2 is 1.79 bits per heavy atom. The van der Waals surface area contributed by atoms with Gasteiger partial charge in [0.15, 0.2) is 0 Å². The van der Waals surface area contributed by atoms with Crippen molar-refractivity contribution in [2.24, 2.45) is 0 Å². The van der Waals surface area contributed by atoms with Crippen molar-refractivity contribution < 1.29 is 13.2 Å². The molecule has 4 heteroatoms. The SMILES string of the molecule is CCN(c1ccccc1C)C(F)(F)F. The molecule has 0 amide bonds. The van der Waals surface area contributed by atoms with Gasteiger partial charge in [0, 0.05) is 12.2 Å². The van der Waals surface area contributed by atoms with Gasteiger partial charge in [0.05, 0.1) is 0 Å². The molecular weight excluding hydrogens is 191 g/mol. The van der Waals surface area contributed by atoms with Crippen molar-refractivity contribution in [2.75, 3.05) is 11.4 Å². The van der Waals surface area contributed by atoms with Crippen molar-refractivity contribution in [1.82, 2.24) is 0 Å². The molecule has 0 aliphatic heterocycles. The predicted octanol–water partition coefficient (Wildman–Crippen LogP) is 3.34. The van der Waals surface area contributed by atoms with Crippen LogP contribution in [0, 0.1) is 6.92 Å². The molecule has 0 radical (unpaired) electrons. The predicted molar refractivity (Wildman–Crippen MR) is 50.3 cm³/mol. The van der Waals surface area contributed by atoms with E-state index in [0.717, 1.165) is 0 Å². The molecule has 0 fully saturated rings. The molecule has 14 heavy (non-hydrogen) atoms. The highest BCUT2D eigenvalue weighted by Gasteiger charge is 2.36. The molecule has 0 heterocycles. The summed E-state index contributed by atoms with van der Waals surface area (Å²) in [5.74, 6) is 0. The van der Waals surface area contributed by atoms with Gasteiger partial charge in [-0.05, 0) is 25.5 Å². The van der Waals surface area contributed by atoms with E-state index in [-0.39, 0.29) is 12.2 Å². The van der Waals surface area contributed by atoms with Gasteiger partial charge in [-0.25, -0.2) is 0 Å². The number of alkyl halides is 3. The summed E-state index contributed by atoms with van der Waals surface area (Å²) < 4.78 is 37.5. The number of nitrogens with zero attached hydrogens (tertiary/aromatic N) is 1. The number of para-hydroxylation sites is 1. The molecule has 0 unspecified atom stereocenters. The van der Waals surface area contributed by atoms with Gasteiger partial charge in [0.1, 0.15) is 0 Å². The number of hydrogen-bond donors (Lipinski definition) is 0. The minimum absolute atomic E-state index is 0.0750. The molecule has 78 valence electrons. The lowest BCUT2D eigenvalue weighted by atomic mass is 10.2.